The van der Waals surface area contributed by atoms with Crippen LogP contribution in [0.4, 0.5) is 0 Å². The molecule has 0 aromatic rings. The first-order valence-corrected chi connectivity index (χ1v) is 6.86. The topological polar surface area (TPSA) is 109 Å². The van der Waals surface area contributed by atoms with Gasteiger partial charge in [-0.3, -0.25) is 9.59 Å². The van der Waals surface area contributed by atoms with Crippen molar-refractivity contribution in [3.05, 3.63) is 0 Å². The van der Waals surface area contributed by atoms with Crippen LogP contribution < -0.4 is 11.1 Å². The van der Waals surface area contributed by atoms with E-state index in [2.05, 4.69) is 5.32 Å². The minimum Gasteiger partial charge on any atom is -0.480 e. The van der Waals surface area contributed by atoms with Crippen molar-refractivity contribution in [3.63, 3.8) is 0 Å². The smallest absolute Gasteiger partial charge is 0.326 e. The summed E-state index contributed by atoms with van der Waals surface area (Å²) in [6.07, 6.45) is 0.579. The standard InChI is InChI=1S/C11H20N2O4S/c1-7(2)5-8(11(16)17)13-10(15)3-4-18-6-9(12)14/h7-8H,3-6H2,1-2H3,(H2,12,14)(H,13,15)(H,16,17)/t8-/m0/s1. The van der Waals surface area contributed by atoms with Crippen molar-refractivity contribution in [1.82, 2.24) is 5.32 Å². The molecule has 0 aliphatic carbocycles. The first-order valence-electron chi connectivity index (χ1n) is 5.71. The van der Waals surface area contributed by atoms with E-state index in [9.17, 15) is 14.4 Å². The molecule has 6 nitrogen and oxygen atoms in total. The molecule has 0 saturated heterocycles. The Morgan fingerprint density at radius 1 is 1.33 bits per heavy atom. The summed E-state index contributed by atoms with van der Waals surface area (Å²) in [5.41, 5.74) is 4.95. The maximum Gasteiger partial charge on any atom is 0.326 e. The van der Waals surface area contributed by atoms with Crippen LogP contribution in [-0.4, -0.2) is 40.4 Å². The Bertz CT molecular complexity index is 307. The van der Waals surface area contributed by atoms with Gasteiger partial charge >= 0.3 is 5.97 Å². The predicted molar refractivity (Wildman–Crippen MR) is 70.2 cm³/mol. The van der Waals surface area contributed by atoms with Gasteiger partial charge in [0.2, 0.25) is 11.8 Å². The van der Waals surface area contributed by atoms with E-state index in [4.69, 9.17) is 10.8 Å². The second-order valence-electron chi connectivity index (χ2n) is 4.36. The van der Waals surface area contributed by atoms with E-state index in [1.165, 1.54) is 11.8 Å². The average molecular weight is 276 g/mol. The molecule has 7 heteroatoms. The van der Waals surface area contributed by atoms with E-state index in [0.717, 1.165) is 0 Å². The van der Waals surface area contributed by atoms with Crippen LogP contribution >= 0.6 is 11.8 Å². The maximum atomic E-state index is 11.5. The van der Waals surface area contributed by atoms with Gasteiger partial charge in [-0.25, -0.2) is 4.79 Å². The highest BCUT2D eigenvalue weighted by Gasteiger charge is 2.20. The van der Waals surface area contributed by atoms with Crippen molar-refractivity contribution in [2.24, 2.45) is 11.7 Å². The highest BCUT2D eigenvalue weighted by atomic mass is 32.2. The van der Waals surface area contributed by atoms with Crippen LogP contribution in [0.1, 0.15) is 26.7 Å². The lowest BCUT2D eigenvalue weighted by atomic mass is 10.0. The number of aliphatic carboxylic acids is 1. The summed E-state index contributed by atoms with van der Waals surface area (Å²) in [6, 6.07) is -0.848. The van der Waals surface area contributed by atoms with Gasteiger partial charge in [0, 0.05) is 12.2 Å². The van der Waals surface area contributed by atoms with Crippen molar-refractivity contribution < 1.29 is 19.5 Å². The summed E-state index contributed by atoms with van der Waals surface area (Å²) in [6.45, 7) is 3.79. The van der Waals surface area contributed by atoms with E-state index in [-0.39, 0.29) is 24.0 Å². The summed E-state index contributed by atoms with van der Waals surface area (Å²) >= 11 is 1.26. The molecule has 0 radical (unpaired) electrons. The molecule has 0 aromatic heterocycles. The first-order chi connectivity index (χ1) is 8.32. The number of rotatable bonds is 9. The van der Waals surface area contributed by atoms with Crippen molar-refractivity contribution in [2.45, 2.75) is 32.7 Å². The van der Waals surface area contributed by atoms with Crippen LogP contribution in [0.3, 0.4) is 0 Å². The molecule has 0 aliphatic rings. The van der Waals surface area contributed by atoms with Gasteiger partial charge in [0.1, 0.15) is 6.04 Å². The number of hydrogen-bond acceptors (Lipinski definition) is 4. The van der Waals surface area contributed by atoms with E-state index in [1.54, 1.807) is 0 Å². The number of primary amides is 1. The molecule has 1 atom stereocenters. The minimum absolute atomic E-state index is 0.168. The second-order valence-corrected chi connectivity index (χ2v) is 5.46. The number of nitrogens with one attached hydrogen (secondary N) is 1. The lowest BCUT2D eigenvalue weighted by Crippen LogP contribution is -2.41. The molecular formula is C11H20N2O4S. The molecule has 0 unspecified atom stereocenters. The van der Waals surface area contributed by atoms with Crippen molar-refractivity contribution in [3.8, 4) is 0 Å². The van der Waals surface area contributed by atoms with Gasteiger partial charge in [-0.05, 0) is 12.3 Å². The Kier molecular flexibility index (Phi) is 8.19. The minimum atomic E-state index is -1.03. The molecule has 104 valence electrons. The Hall–Kier alpha value is -1.24. The lowest BCUT2D eigenvalue weighted by Gasteiger charge is -2.16. The summed E-state index contributed by atoms with van der Waals surface area (Å²) < 4.78 is 0. The fourth-order valence-corrected chi connectivity index (χ4v) is 1.97. The molecule has 0 fully saturated rings. The fraction of sp³-hybridized carbons (Fsp3) is 0.727. The summed E-state index contributed by atoms with van der Waals surface area (Å²) in [5, 5.41) is 11.4. The van der Waals surface area contributed by atoms with Crippen LogP contribution in [0.5, 0.6) is 0 Å². The molecule has 0 aliphatic heterocycles. The molecule has 2 amide bonds. The Balaban J connectivity index is 3.95. The largest absolute Gasteiger partial charge is 0.480 e. The Morgan fingerprint density at radius 3 is 2.39 bits per heavy atom. The summed E-state index contributed by atoms with van der Waals surface area (Å²) in [5.74, 6) is -0.967. The molecule has 0 aromatic carbocycles. The highest BCUT2D eigenvalue weighted by molar-refractivity contribution is 7.99. The van der Waals surface area contributed by atoms with Gasteiger partial charge in [0.15, 0.2) is 0 Å². The number of amides is 2. The number of carboxylic acids is 1. The Labute approximate surface area is 111 Å². The number of carbonyl (C=O) groups excluding carboxylic acids is 2. The molecule has 0 saturated carbocycles. The van der Waals surface area contributed by atoms with Crippen LogP contribution in [0.25, 0.3) is 0 Å². The van der Waals surface area contributed by atoms with Crippen LogP contribution in [0, 0.1) is 5.92 Å². The fourth-order valence-electron chi connectivity index (χ4n) is 1.30. The van der Waals surface area contributed by atoms with Gasteiger partial charge < -0.3 is 16.2 Å². The zero-order valence-electron chi connectivity index (χ0n) is 10.6. The quantitative estimate of drug-likeness (QED) is 0.521. The van der Waals surface area contributed by atoms with Gasteiger partial charge in [-0.15, -0.1) is 0 Å². The number of carboxylic acid groups (broad SMARTS) is 1. The normalized spacial score (nSPS) is 12.2. The van der Waals surface area contributed by atoms with Crippen molar-refractivity contribution in [2.75, 3.05) is 11.5 Å². The van der Waals surface area contributed by atoms with E-state index < -0.39 is 17.9 Å². The molecule has 4 N–H and O–H groups in total. The zero-order chi connectivity index (χ0) is 14.1. The highest BCUT2D eigenvalue weighted by Crippen LogP contribution is 2.06. The van der Waals surface area contributed by atoms with Crippen LogP contribution in [-0.2, 0) is 14.4 Å². The maximum absolute atomic E-state index is 11.5. The molecule has 0 bridgehead atoms. The van der Waals surface area contributed by atoms with Gasteiger partial charge in [-0.2, -0.15) is 11.8 Å². The molecule has 0 heterocycles. The lowest BCUT2D eigenvalue weighted by molar-refractivity contribution is -0.142. The second kappa shape index (κ2) is 8.79. The van der Waals surface area contributed by atoms with E-state index >= 15 is 0 Å². The third kappa shape index (κ3) is 8.86. The molecule has 18 heavy (non-hydrogen) atoms. The number of thioether (sulfide) groups is 1. The van der Waals surface area contributed by atoms with Gasteiger partial charge in [0.25, 0.3) is 0 Å². The molecule has 0 rings (SSSR count). The number of carbonyl (C=O) groups is 3. The predicted octanol–water partition coefficient (Wildman–Crippen LogP) is 0.211. The SMILES string of the molecule is CC(C)C[C@H](NC(=O)CCSCC(N)=O)C(=O)O. The number of nitrogens with two attached hydrogens (primary N) is 1. The van der Waals surface area contributed by atoms with Gasteiger partial charge in [-0.1, -0.05) is 13.8 Å². The molecular weight excluding hydrogens is 256 g/mol. The molecule has 0 spiro atoms. The summed E-state index contributed by atoms with van der Waals surface area (Å²) in [4.78, 5) is 32.8. The van der Waals surface area contributed by atoms with E-state index in [1.807, 2.05) is 13.8 Å². The summed E-state index contributed by atoms with van der Waals surface area (Å²) in [7, 11) is 0. The monoisotopic (exact) mass is 276 g/mol. The Morgan fingerprint density at radius 2 is 1.94 bits per heavy atom. The van der Waals surface area contributed by atoms with E-state index in [0.29, 0.717) is 12.2 Å². The van der Waals surface area contributed by atoms with Crippen molar-refractivity contribution >= 4 is 29.5 Å². The average Bonchev–Trinajstić information content (AvgIpc) is 2.22. The zero-order valence-corrected chi connectivity index (χ0v) is 11.5. The third-order valence-corrected chi connectivity index (χ3v) is 3.04. The van der Waals surface area contributed by atoms with Gasteiger partial charge in [0.05, 0.1) is 5.75 Å². The van der Waals surface area contributed by atoms with Crippen molar-refractivity contribution in [1.29, 1.82) is 0 Å². The third-order valence-electron chi connectivity index (χ3n) is 2.06. The first kappa shape index (κ1) is 16.8. The van der Waals surface area contributed by atoms with Crippen LogP contribution in [0.2, 0.25) is 0 Å². The number of hydrogen-bond donors (Lipinski definition) is 3. The van der Waals surface area contributed by atoms with Crippen LogP contribution in [0.15, 0.2) is 0 Å².